The van der Waals surface area contributed by atoms with Gasteiger partial charge >= 0.3 is 0 Å². The van der Waals surface area contributed by atoms with Gasteiger partial charge in [-0.1, -0.05) is 26.0 Å². The van der Waals surface area contributed by atoms with Gasteiger partial charge in [0.25, 0.3) is 0 Å². The minimum atomic E-state index is -3.40. The molecule has 0 amide bonds. The second kappa shape index (κ2) is 7.35. The monoisotopic (exact) mass is 366 g/mol. The average Bonchev–Trinajstić information content (AvgIpc) is 3.05. The fourth-order valence-corrected chi connectivity index (χ4v) is 5.33. The second-order valence-electron chi connectivity index (χ2n) is 7.33. The number of hydrogen-bond donors (Lipinski definition) is 0. The van der Waals surface area contributed by atoms with Crippen molar-refractivity contribution in [1.29, 1.82) is 0 Å². The molecule has 2 aliphatic rings. The highest BCUT2D eigenvalue weighted by atomic mass is 32.2. The van der Waals surface area contributed by atoms with E-state index in [0.29, 0.717) is 24.0 Å². The summed E-state index contributed by atoms with van der Waals surface area (Å²) in [6.45, 7) is 7.08. The third kappa shape index (κ3) is 3.77. The molecule has 25 heavy (non-hydrogen) atoms. The molecule has 2 aliphatic heterocycles. The molecule has 140 valence electrons. The SMILES string of the molecule is CCc1ccc(S(=O)(=O)N2CCC3(CC2)C[C@H](N(C)CC)CO3)cc1. The summed E-state index contributed by atoms with van der Waals surface area (Å²) in [7, 11) is -1.27. The van der Waals surface area contributed by atoms with Crippen molar-refractivity contribution in [1.82, 2.24) is 9.21 Å². The van der Waals surface area contributed by atoms with Crippen LogP contribution in [0.1, 0.15) is 38.7 Å². The van der Waals surface area contributed by atoms with Crippen molar-refractivity contribution < 1.29 is 13.2 Å². The topological polar surface area (TPSA) is 49.9 Å². The van der Waals surface area contributed by atoms with Crippen LogP contribution in [0, 0.1) is 0 Å². The number of aryl methyl sites for hydroxylation is 1. The number of rotatable bonds is 5. The van der Waals surface area contributed by atoms with Crippen molar-refractivity contribution in [2.45, 2.75) is 56.1 Å². The van der Waals surface area contributed by atoms with Crippen LogP contribution in [-0.4, -0.2) is 62.6 Å². The van der Waals surface area contributed by atoms with Crippen molar-refractivity contribution in [2.24, 2.45) is 0 Å². The molecule has 6 heteroatoms. The Balaban J connectivity index is 1.65. The van der Waals surface area contributed by atoms with Crippen LogP contribution in [0.2, 0.25) is 0 Å². The lowest BCUT2D eigenvalue weighted by Crippen LogP contribution is -2.46. The molecule has 2 saturated heterocycles. The molecule has 1 spiro atoms. The summed E-state index contributed by atoms with van der Waals surface area (Å²) in [4.78, 5) is 2.73. The van der Waals surface area contributed by atoms with E-state index < -0.39 is 10.0 Å². The van der Waals surface area contributed by atoms with Crippen LogP contribution in [0.15, 0.2) is 29.2 Å². The molecular formula is C19H30N2O3S. The smallest absolute Gasteiger partial charge is 0.243 e. The van der Waals surface area contributed by atoms with Crippen molar-refractivity contribution in [2.75, 3.05) is 33.3 Å². The molecule has 1 aromatic rings. The van der Waals surface area contributed by atoms with Crippen molar-refractivity contribution in [3.8, 4) is 0 Å². The van der Waals surface area contributed by atoms with Gasteiger partial charge in [0.15, 0.2) is 0 Å². The number of piperidine rings is 1. The zero-order chi connectivity index (χ0) is 18.1. The first-order valence-electron chi connectivity index (χ1n) is 9.33. The predicted octanol–water partition coefficient (Wildman–Crippen LogP) is 2.51. The van der Waals surface area contributed by atoms with Gasteiger partial charge in [0.05, 0.1) is 17.1 Å². The molecule has 1 atom stereocenters. The Labute approximate surface area is 152 Å². The van der Waals surface area contributed by atoms with Crippen LogP contribution in [0.3, 0.4) is 0 Å². The van der Waals surface area contributed by atoms with Crippen LogP contribution < -0.4 is 0 Å². The van der Waals surface area contributed by atoms with E-state index >= 15 is 0 Å². The van der Waals surface area contributed by atoms with E-state index in [0.717, 1.165) is 44.4 Å². The first kappa shape index (κ1) is 18.8. The number of hydrogen-bond acceptors (Lipinski definition) is 4. The molecule has 5 nitrogen and oxygen atoms in total. The molecule has 0 radical (unpaired) electrons. The highest BCUT2D eigenvalue weighted by molar-refractivity contribution is 7.89. The maximum Gasteiger partial charge on any atom is 0.243 e. The highest BCUT2D eigenvalue weighted by Crippen LogP contribution is 2.38. The van der Waals surface area contributed by atoms with Gasteiger partial charge in [0.1, 0.15) is 0 Å². The second-order valence-corrected chi connectivity index (χ2v) is 9.26. The van der Waals surface area contributed by atoms with Crippen LogP contribution in [0.5, 0.6) is 0 Å². The highest BCUT2D eigenvalue weighted by Gasteiger charge is 2.45. The van der Waals surface area contributed by atoms with Gasteiger partial charge in [-0.25, -0.2) is 8.42 Å². The van der Waals surface area contributed by atoms with Crippen LogP contribution in [0.25, 0.3) is 0 Å². The van der Waals surface area contributed by atoms with E-state index in [1.54, 1.807) is 16.4 Å². The van der Waals surface area contributed by atoms with Gasteiger partial charge < -0.3 is 9.64 Å². The van der Waals surface area contributed by atoms with E-state index in [1.807, 2.05) is 12.1 Å². The normalized spacial score (nSPS) is 24.2. The predicted molar refractivity (Wildman–Crippen MR) is 99.2 cm³/mol. The first-order chi connectivity index (χ1) is 11.9. The summed E-state index contributed by atoms with van der Waals surface area (Å²) in [6, 6.07) is 7.73. The fraction of sp³-hybridized carbons (Fsp3) is 0.684. The summed E-state index contributed by atoms with van der Waals surface area (Å²) in [6.07, 6.45) is 3.49. The third-order valence-electron chi connectivity index (χ3n) is 5.91. The first-order valence-corrected chi connectivity index (χ1v) is 10.8. The van der Waals surface area contributed by atoms with E-state index in [-0.39, 0.29) is 5.60 Å². The summed E-state index contributed by atoms with van der Waals surface area (Å²) >= 11 is 0. The Morgan fingerprint density at radius 3 is 2.40 bits per heavy atom. The molecule has 0 aromatic heterocycles. The minimum Gasteiger partial charge on any atom is -0.373 e. The Bertz CT molecular complexity index is 679. The number of ether oxygens (including phenoxy) is 1. The maximum atomic E-state index is 12.9. The number of benzene rings is 1. The Hall–Kier alpha value is -0.950. The summed E-state index contributed by atoms with van der Waals surface area (Å²) in [5.41, 5.74) is 1.02. The van der Waals surface area contributed by atoms with Crippen LogP contribution in [0.4, 0.5) is 0 Å². The minimum absolute atomic E-state index is 0.133. The lowest BCUT2D eigenvalue weighted by atomic mass is 9.88. The standard InChI is InChI=1S/C19H30N2O3S/c1-4-16-6-8-18(9-7-16)25(22,23)21-12-10-19(11-13-21)14-17(15-24-19)20(3)5-2/h6-9,17H,4-5,10-15H2,1-3H3/t17-/m0/s1. The van der Waals surface area contributed by atoms with Gasteiger partial charge in [-0.3, -0.25) is 0 Å². The zero-order valence-electron chi connectivity index (χ0n) is 15.6. The number of sulfonamides is 1. The quantitative estimate of drug-likeness (QED) is 0.803. The summed E-state index contributed by atoms with van der Waals surface area (Å²) in [5, 5.41) is 0. The van der Waals surface area contributed by atoms with Gasteiger partial charge in [-0.05, 0) is 57.0 Å². The van der Waals surface area contributed by atoms with Crippen LogP contribution >= 0.6 is 0 Å². The van der Waals surface area contributed by atoms with Crippen molar-refractivity contribution >= 4 is 10.0 Å². The molecule has 1 aromatic carbocycles. The lowest BCUT2D eigenvalue weighted by molar-refractivity contribution is -0.0316. The summed E-state index contributed by atoms with van der Waals surface area (Å²) in [5.74, 6) is 0. The molecular weight excluding hydrogens is 336 g/mol. The molecule has 2 fully saturated rings. The largest absolute Gasteiger partial charge is 0.373 e. The molecule has 2 heterocycles. The summed E-state index contributed by atoms with van der Waals surface area (Å²) < 4.78 is 33.5. The Morgan fingerprint density at radius 2 is 1.84 bits per heavy atom. The van der Waals surface area contributed by atoms with E-state index in [2.05, 4.69) is 25.8 Å². The zero-order valence-corrected chi connectivity index (χ0v) is 16.4. The fourth-order valence-electron chi connectivity index (χ4n) is 3.89. The number of nitrogens with zero attached hydrogens (tertiary/aromatic N) is 2. The lowest BCUT2D eigenvalue weighted by Gasteiger charge is -2.38. The maximum absolute atomic E-state index is 12.9. The van der Waals surface area contributed by atoms with Crippen LogP contribution in [-0.2, 0) is 21.2 Å². The molecule has 0 N–H and O–H groups in total. The Kier molecular flexibility index (Phi) is 5.54. The molecule has 0 saturated carbocycles. The van der Waals surface area contributed by atoms with E-state index in [4.69, 9.17) is 4.74 Å². The van der Waals surface area contributed by atoms with Gasteiger partial charge in [-0.15, -0.1) is 0 Å². The number of likely N-dealkylation sites (N-methyl/N-ethyl adjacent to an activating group) is 1. The van der Waals surface area contributed by atoms with E-state index in [1.165, 1.54) is 0 Å². The molecule has 0 bridgehead atoms. The van der Waals surface area contributed by atoms with E-state index in [9.17, 15) is 8.42 Å². The van der Waals surface area contributed by atoms with Crippen molar-refractivity contribution in [3.63, 3.8) is 0 Å². The molecule has 0 unspecified atom stereocenters. The molecule has 3 rings (SSSR count). The third-order valence-corrected chi connectivity index (χ3v) is 7.83. The van der Waals surface area contributed by atoms with Gasteiger partial charge in [0.2, 0.25) is 10.0 Å². The van der Waals surface area contributed by atoms with Crippen molar-refractivity contribution in [3.05, 3.63) is 29.8 Å². The Morgan fingerprint density at radius 1 is 1.20 bits per heavy atom. The van der Waals surface area contributed by atoms with Gasteiger partial charge in [0, 0.05) is 19.1 Å². The van der Waals surface area contributed by atoms with Gasteiger partial charge in [-0.2, -0.15) is 4.31 Å². The average molecular weight is 367 g/mol. The molecule has 0 aliphatic carbocycles.